The lowest BCUT2D eigenvalue weighted by molar-refractivity contribution is -0.133. The quantitative estimate of drug-likeness (QED) is 0.500. The Bertz CT molecular complexity index is 1020. The Labute approximate surface area is 195 Å². The minimum Gasteiger partial charge on any atom is -0.493 e. The van der Waals surface area contributed by atoms with Gasteiger partial charge in [0.1, 0.15) is 18.4 Å². The Morgan fingerprint density at radius 1 is 1.06 bits per heavy atom. The molecule has 2 aromatic rings. The van der Waals surface area contributed by atoms with Crippen LogP contribution in [-0.4, -0.2) is 57.8 Å². The van der Waals surface area contributed by atoms with E-state index in [9.17, 15) is 18.0 Å². The molecule has 0 heterocycles. The first kappa shape index (κ1) is 26.2. The molecule has 33 heavy (non-hydrogen) atoms. The van der Waals surface area contributed by atoms with Crippen LogP contribution in [0.1, 0.15) is 25.8 Å². The van der Waals surface area contributed by atoms with Crippen LogP contribution in [-0.2, 0) is 26.0 Å². The fraction of sp³-hybridized carbons (Fsp3) is 0.417. The Morgan fingerprint density at radius 2 is 1.76 bits per heavy atom. The first-order valence-corrected chi connectivity index (χ1v) is 12.6. The number of nitrogens with zero attached hydrogens (tertiary/aromatic N) is 1. The molecule has 0 aliphatic rings. The van der Waals surface area contributed by atoms with E-state index in [0.717, 1.165) is 11.8 Å². The summed E-state index contributed by atoms with van der Waals surface area (Å²) in [6.07, 6.45) is 1.03. The molecule has 9 heteroatoms. The summed E-state index contributed by atoms with van der Waals surface area (Å²) in [5.74, 6) is 0.106. The second-order valence-corrected chi connectivity index (χ2v) is 10.2. The largest absolute Gasteiger partial charge is 0.493 e. The van der Waals surface area contributed by atoms with Gasteiger partial charge in [-0.1, -0.05) is 50.2 Å². The summed E-state index contributed by atoms with van der Waals surface area (Å²) < 4.78 is 34.2. The third kappa shape index (κ3) is 8.76. The molecule has 180 valence electrons. The lowest BCUT2D eigenvalue weighted by Crippen LogP contribution is -2.50. The number of nitrogens with one attached hydrogen (secondary N) is 1. The topological polar surface area (TPSA) is 102 Å². The molecule has 0 aromatic heterocycles. The zero-order valence-corrected chi connectivity index (χ0v) is 20.3. The van der Waals surface area contributed by atoms with E-state index in [1.807, 2.05) is 44.2 Å². The Kier molecular flexibility index (Phi) is 9.72. The van der Waals surface area contributed by atoms with Crippen LogP contribution in [0.2, 0.25) is 0 Å². The molecule has 1 atom stereocenters. The lowest BCUT2D eigenvalue weighted by Gasteiger charge is -2.26. The highest BCUT2D eigenvalue weighted by Gasteiger charge is 2.27. The Hall–Kier alpha value is -3.07. The molecule has 0 aliphatic carbocycles. The molecule has 0 saturated heterocycles. The lowest BCUT2D eigenvalue weighted by atomic mass is 10.0. The zero-order valence-electron chi connectivity index (χ0n) is 19.5. The van der Waals surface area contributed by atoms with Crippen molar-refractivity contribution in [3.8, 4) is 5.75 Å². The maximum absolute atomic E-state index is 12.9. The molecule has 2 aromatic carbocycles. The summed E-state index contributed by atoms with van der Waals surface area (Å²) in [6.45, 7) is 4.55. The second kappa shape index (κ2) is 12.2. The predicted octanol–water partition coefficient (Wildman–Crippen LogP) is 3.27. The third-order valence-corrected chi connectivity index (χ3v) is 6.05. The van der Waals surface area contributed by atoms with E-state index in [-0.39, 0.29) is 23.3 Å². The van der Waals surface area contributed by atoms with Crippen molar-refractivity contribution in [2.75, 3.05) is 26.5 Å². The number of rotatable bonds is 11. The van der Waals surface area contributed by atoms with Gasteiger partial charge in [-0.15, -0.1) is 0 Å². The van der Waals surface area contributed by atoms with Gasteiger partial charge in [-0.05, 0) is 36.1 Å². The van der Waals surface area contributed by atoms with Crippen molar-refractivity contribution < 1.29 is 27.5 Å². The number of hydrogen-bond acceptors (Lipinski definition) is 6. The van der Waals surface area contributed by atoms with Gasteiger partial charge in [0.15, 0.2) is 9.84 Å². The molecule has 0 saturated carbocycles. The second-order valence-electron chi connectivity index (χ2n) is 8.14. The number of benzene rings is 2. The summed E-state index contributed by atoms with van der Waals surface area (Å²) >= 11 is 0. The molecule has 0 radical (unpaired) electrons. The van der Waals surface area contributed by atoms with Gasteiger partial charge in [0.2, 0.25) is 5.91 Å². The van der Waals surface area contributed by atoms with Gasteiger partial charge >= 0.3 is 6.09 Å². The zero-order chi connectivity index (χ0) is 24.4. The van der Waals surface area contributed by atoms with E-state index in [1.54, 1.807) is 24.1 Å². The summed E-state index contributed by atoms with van der Waals surface area (Å²) in [5.41, 5.74) is 0.860. The molecule has 0 spiro atoms. The highest BCUT2D eigenvalue weighted by Crippen LogP contribution is 2.17. The number of ether oxygens (including phenoxy) is 2. The number of hydrogen-bond donors (Lipinski definition) is 1. The van der Waals surface area contributed by atoms with Crippen LogP contribution in [0.4, 0.5) is 4.79 Å². The number of carbonyl (C=O) groups is 2. The average Bonchev–Trinajstić information content (AvgIpc) is 2.78. The van der Waals surface area contributed by atoms with Crippen molar-refractivity contribution in [3.63, 3.8) is 0 Å². The molecule has 2 rings (SSSR count). The Balaban J connectivity index is 1.81. The van der Waals surface area contributed by atoms with E-state index >= 15 is 0 Å². The Morgan fingerprint density at radius 3 is 2.39 bits per heavy atom. The standard InChI is InChI=1S/C24H32N2O6S/c1-18(2)22(25-24(28)32-17-19-10-6-5-7-11-19)23(27)26(3)14-9-15-31-20-12-8-13-21(16-20)33(4,29)30/h5-8,10-13,16,18,22H,9,14-15,17H2,1-4H3,(H,25,28)/t22-/m0/s1. The van der Waals surface area contributed by atoms with Crippen LogP contribution >= 0.6 is 0 Å². The first-order chi connectivity index (χ1) is 15.6. The predicted molar refractivity (Wildman–Crippen MR) is 126 cm³/mol. The van der Waals surface area contributed by atoms with Gasteiger partial charge in [-0.25, -0.2) is 13.2 Å². The molecule has 0 fully saturated rings. The molecule has 0 bridgehead atoms. The number of carbonyl (C=O) groups excluding carboxylic acids is 2. The van der Waals surface area contributed by atoms with E-state index in [2.05, 4.69) is 5.32 Å². The number of sulfone groups is 1. The number of alkyl carbamates (subject to hydrolysis) is 1. The van der Waals surface area contributed by atoms with Crippen molar-refractivity contribution in [3.05, 3.63) is 60.2 Å². The van der Waals surface area contributed by atoms with Crippen molar-refractivity contribution in [2.24, 2.45) is 5.92 Å². The van der Waals surface area contributed by atoms with E-state index in [4.69, 9.17) is 9.47 Å². The van der Waals surface area contributed by atoms with Crippen LogP contribution in [0.25, 0.3) is 0 Å². The highest BCUT2D eigenvalue weighted by molar-refractivity contribution is 7.90. The van der Waals surface area contributed by atoms with Crippen LogP contribution in [0.3, 0.4) is 0 Å². The van der Waals surface area contributed by atoms with Gasteiger partial charge in [0.25, 0.3) is 0 Å². The van der Waals surface area contributed by atoms with E-state index in [0.29, 0.717) is 25.3 Å². The van der Waals surface area contributed by atoms with Crippen LogP contribution in [0.15, 0.2) is 59.5 Å². The van der Waals surface area contributed by atoms with Gasteiger partial charge < -0.3 is 19.7 Å². The van der Waals surface area contributed by atoms with Crippen LogP contribution in [0, 0.1) is 5.92 Å². The first-order valence-electron chi connectivity index (χ1n) is 10.7. The monoisotopic (exact) mass is 476 g/mol. The fourth-order valence-electron chi connectivity index (χ4n) is 3.04. The minimum atomic E-state index is -3.31. The molecule has 8 nitrogen and oxygen atoms in total. The average molecular weight is 477 g/mol. The van der Waals surface area contributed by atoms with Crippen molar-refractivity contribution >= 4 is 21.8 Å². The normalized spacial score (nSPS) is 12.2. The van der Waals surface area contributed by atoms with Crippen molar-refractivity contribution in [1.29, 1.82) is 0 Å². The van der Waals surface area contributed by atoms with Crippen molar-refractivity contribution in [2.45, 2.75) is 37.8 Å². The van der Waals surface area contributed by atoms with Gasteiger partial charge in [0.05, 0.1) is 11.5 Å². The van der Waals surface area contributed by atoms with E-state index in [1.165, 1.54) is 12.1 Å². The summed E-state index contributed by atoms with van der Waals surface area (Å²) in [5, 5.41) is 2.66. The fourth-order valence-corrected chi connectivity index (χ4v) is 3.70. The molecule has 0 unspecified atom stereocenters. The SMILES string of the molecule is CC(C)[C@H](NC(=O)OCc1ccccc1)C(=O)N(C)CCCOc1cccc(S(C)(=O)=O)c1. The number of likely N-dealkylation sites (N-methyl/N-ethyl adjacent to an activating group) is 1. The maximum atomic E-state index is 12.9. The van der Waals surface area contributed by atoms with Gasteiger partial charge in [0, 0.05) is 19.8 Å². The number of amides is 2. The van der Waals surface area contributed by atoms with Gasteiger partial charge in [-0.2, -0.15) is 0 Å². The molecule has 1 N–H and O–H groups in total. The summed E-state index contributed by atoms with van der Waals surface area (Å²) in [6, 6.07) is 14.9. The summed E-state index contributed by atoms with van der Waals surface area (Å²) in [7, 11) is -1.64. The van der Waals surface area contributed by atoms with Gasteiger partial charge in [-0.3, -0.25) is 4.79 Å². The molecule has 0 aliphatic heterocycles. The van der Waals surface area contributed by atoms with Crippen LogP contribution in [0.5, 0.6) is 5.75 Å². The van der Waals surface area contributed by atoms with Crippen molar-refractivity contribution in [1.82, 2.24) is 10.2 Å². The van der Waals surface area contributed by atoms with E-state index < -0.39 is 22.0 Å². The maximum Gasteiger partial charge on any atom is 0.408 e. The molecular weight excluding hydrogens is 444 g/mol. The van der Waals surface area contributed by atoms with Crippen LogP contribution < -0.4 is 10.1 Å². The third-order valence-electron chi connectivity index (χ3n) is 4.94. The molecular formula is C24H32N2O6S. The smallest absolute Gasteiger partial charge is 0.408 e. The molecule has 2 amide bonds. The minimum absolute atomic E-state index is 0.124. The summed E-state index contributed by atoms with van der Waals surface area (Å²) in [4.78, 5) is 26.8. The highest BCUT2D eigenvalue weighted by atomic mass is 32.2.